The van der Waals surface area contributed by atoms with Crippen LogP contribution < -0.4 is 4.57 Å². The Labute approximate surface area is 191 Å². The molecule has 0 bridgehead atoms. The summed E-state index contributed by atoms with van der Waals surface area (Å²) in [7, 11) is 1.91. The lowest BCUT2D eigenvalue weighted by Gasteiger charge is -2.44. The fourth-order valence-electron chi connectivity index (χ4n) is 3.40. The molecule has 0 radical (unpaired) electrons. The van der Waals surface area contributed by atoms with E-state index in [2.05, 4.69) is 0 Å². The molecule has 12 heteroatoms. The molecule has 1 aromatic rings. The van der Waals surface area contributed by atoms with Crippen molar-refractivity contribution in [2.45, 2.75) is 71.4 Å². The van der Waals surface area contributed by atoms with Gasteiger partial charge in [0.15, 0.2) is 24.6 Å². The number of esters is 4. The van der Waals surface area contributed by atoms with Crippen LogP contribution in [-0.2, 0) is 61.2 Å². The molecule has 1 aliphatic rings. The lowest BCUT2D eigenvalue weighted by molar-refractivity contribution is -0.671. The van der Waals surface area contributed by atoms with Crippen LogP contribution >= 0.6 is 0 Å². The molecule has 0 N–H and O–H groups in total. The Kier molecular flexibility index (Phi) is 9.79. The molecule has 184 valence electrons. The minimum Gasteiger partial charge on any atom is -0.463 e. The standard InChI is InChI=1S/C21H31N2O10/c1-13(24)29-11-17-18(30-14(2)25)19(31-15(3)26)20(32-16(4)27)21(33-17)28-10-6-7-23-9-8-22(5)12-23/h8-9,12,17-21H,6-7,10-11H2,1-5H3/q+1/t17-,18-,19+,20-,21-/m1/s1. The topological polar surface area (TPSA) is 132 Å². The Bertz CT molecular complexity index is 839. The van der Waals surface area contributed by atoms with Gasteiger partial charge in [-0.15, -0.1) is 0 Å². The van der Waals surface area contributed by atoms with Crippen molar-refractivity contribution in [3.8, 4) is 0 Å². The Morgan fingerprint density at radius 3 is 2.06 bits per heavy atom. The first-order chi connectivity index (χ1) is 15.6. The zero-order valence-corrected chi connectivity index (χ0v) is 19.4. The molecule has 2 rings (SSSR count). The average molecular weight is 471 g/mol. The summed E-state index contributed by atoms with van der Waals surface area (Å²) in [4.78, 5) is 46.6. The van der Waals surface area contributed by atoms with Crippen LogP contribution in [0.3, 0.4) is 0 Å². The van der Waals surface area contributed by atoms with Crippen molar-refractivity contribution in [1.29, 1.82) is 0 Å². The highest BCUT2D eigenvalue weighted by molar-refractivity contribution is 5.68. The molecule has 1 aromatic heterocycles. The fraction of sp³-hybridized carbons (Fsp3) is 0.667. The molecule has 1 saturated heterocycles. The summed E-state index contributed by atoms with van der Waals surface area (Å²) in [6.45, 7) is 5.31. The first kappa shape index (κ1) is 26.3. The smallest absolute Gasteiger partial charge is 0.303 e. The van der Waals surface area contributed by atoms with Gasteiger partial charge in [0.1, 0.15) is 25.1 Å². The van der Waals surface area contributed by atoms with Crippen LogP contribution in [0.4, 0.5) is 0 Å². The molecule has 0 amide bonds. The first-order valence-corrected chi connectivity index (χ1v) is 10.5. The van der Waals surface area contributed by atoms with Crippen molar-refractivity contribution in [3.63, 3.8) is 0 Å². The Hall–Kier alpha value is -2.99. The van der Waals surface area contributed by atoms with E-state index in [1.54, 1.807) is 0 Å². The second-order valence-electron chi connectivity index (χ2n) is 7.61. The third-order valence-corrected chi connectivity index (χ3v) is 4.61. The number of hydrogen-bond acceptors (Lipinski definition) is 10. The third kappa shape index (κ3) is 8.46. The second-order valence-corrected chi connectivity index (χ2v) is 7.61. The Morgan fingerprint density at radius 1 is 0.909 bits per heavy atom. The van der Waals surface area contributed by atoms with Gasteiger partial charge in [-0.25, -0.2) is 9.13 Å². The van der Waals surface area contributed by atoms with E-state index in [-0.39, 0.29) is 13.2 Å². The van der Waals surface area contributed by atoms with Crippen molar-refractivity contribution in [2.75, 3.05) is 13.2 Å². The van der Waals surface area contributed by atoms with Crippen LogP contribution in [0.25, 0.3) is 0 Å². The van der Waals surface area contributed by atoms with Gasteiger partial charge in [0.25, 0.3) is 0 Å². The summed E-state index contributed by atoms with van der Waals surface area (Å²) in [5.74, 6) is -2.63. The number of rotatable bonds is 10. The van der Waals surface area contributed by atoms with Crippen molar-refractivity contribution >= 4 is 23.9 Å². The monoisotopic (exact) mass is 471 g/mol. The van der Waals surface area contributed by atoms with Gasteiger partial charge in [0.2, 0.25) is 6.33 Å². The van der Waals surface area contributed by atoms with Crippen LogP contribution in [0.5, 0.6) is 0 Å². The predicted octanol–water partition coefficient (Wildman–Crippen LogP) is -0.198. The van der Waals surface area contributed by atoms with Crippen molar-refractivity contribution < 1.29 is 52.2 Å². The SMILES string of the molecule is CC(=O)OC[C@H]1O[C@@H](OCCCn2cc[n+](C)c2)[C@H](OC(C)=O)[C@@H](OC(C)=O)[C@@H]1OC(C)=O. The normalized spacial score (nSPS) is 24.6. The number of ether oxygens (including phenoxy) is 6. The molecule has 0 saturated carbocycles. The van der Waals surface area contributed by atoms with E-state index in [0.717, 1.165) is 0 Å². The quantitative estimate of drug-likeness (QED) is 0.196. The van der Waals surface area contributed by atoms with E-state index in [1.807, 2.05) is 34.9 Å². The molecule has 1 aliphatic heterocycles. The number of carbonyl (C=O) groups is 4. The van der Waals surface area contributed by atoms with Gasteiger partial charge in [0, 0.05) is 34.1 Å². The maximum Gasteiger partial charge on any atom is 0.303 e. The highest BCUT2D eigenvalue weighted by Crippen LogP contribution is 2.30. The molecule has 5 atom stereocenters. The number of nitrogens with zero attached hydrogens (tertiary/aromatic N) is 2. The highest BCUT2D eigenvalue weighted by atomic mass is 16.7. The third-order valence-electron chi connectivity index (χ3n) is 4.61. The van der Waals surface area contributed by atoms with Gasteiger partial charge < -0.3 is 28.4 Å². The van der Waals surface area contributed by atoms with E-state index in [9.17, 15) is 19.2 Å². The van der Waals surface area contributed by atoms with Gasteiger partial charge in [-0.05, 0) is 0 Å². The van der Waals surface area contributed by atoms with E-state index in [1.165, 1.54) is 27.7 Å². The molecule has 0 unspecified atom stereocenters. The maximum absolute atomic E-state index is 11.8. The number of carbonyl (C=O) groups excluding carboxylic acids is 4. The summed E-state index contributed by atoms with van der Waals surface area (Å²) in [5, 5.41) is 0. The molecular weight excluding hydrogens is 440 g/mol. The Balaban J connectivity index is 2.21. The van der Waals surface area contributed by atoms with Crippen LogP contribution in [0, 0.1) is 0 Å². The van der Waals surface area contributed by atoms with Gasteiger partial charge in [-0.3, -0.25) is 19.2 Å². The zero-order chi connectivity index (χ0) is 24.5. The second kappa shape index (κ2) is 12.3. The molecule has 0 aromatic carbocycles. The highest BCUT2D eigenvalue weighted by Gasteiger charge is 2.52. The summed E-state index contributed by atoms with van der Waals surface area (Å²) in [6, 6.07) is 0. The molecular formula is C21H31N2O10+. The van der Waals surface area contributed by atoms with Crippen LogP contribution in [-0.4, -0.2) is 72.4 Å². The number of imidazole rings is 1. The molecule has 12 nitrogen and oxygen atoms in total. The van der Waals surface area contributed by atoms with Crippen LogP contribution in [0.2, 0.25) is 0 Å². The fourth-order valence-corrected chi connectivity index (χ4v) is 3.40. The number of aryl methyl sites for hydroxylation is 2. The maximum atomic E-state index is 11.8. The van der Waals surface area contributed by atoms with Crippen molar-refractivity contribution in [2.24, 2.45) is 7.05 Å². The van der Waals surface area contributed by atoms with Crippen molar-refractivity contribution in [1.82, 2.24) is 4.57 Å². The molecule has 33 heavy (non-hydrogen) atoms. The van der Waals surface area contributed by atoms with E-state index in [4.69, 9.17) is 28.4 Å². The van der Waals surface area contributed by atoms with Gasteiger partial charge in [0.05, 0.1) is 20.2 Å². The van der Waals surface area contributed by atoms with Crippen LogP contribution in [0.15, 0.2) is 18.7 Å². The lowest BCUT2D eigenvalue weighted by Crippen LogP contribution is -2.63. The van der Waals surface area contributed by atoms with Crippen LogP contribution in [0.1, 0.15) is 34.1 Å². The zero-order valence-electron chi connectivity index (χ0n) is 19.4. The Morgan fingerprint density at radius 2 is 1.52 bits per heavy atom. The average Bonchev–Trinajstić information content (AvgIpc) is 3.11. The van der Waals surface area contributed by atoms with Gasteiger partial charge in [-0.2, -0.15) is 0 Å². The van der Waals surface area contributed by atoms with E-state index < -0.39 is 54.6 Å². The minimum absolute atomic E-state index is 0.218. The first-order valence-electron chi connectivity index (χ1n) is 10.5. The molecule has 2 heterocycles. The largest absolute Gasteiger partial charge is 0.463 e. The minimum atomic E-state index is -1.24. The summed E-state index contributed by atoms with van der Waals surface area (Å²) in [5.41, 5.74) is 0. The summed E-state index contributed by atoms with van der Waals surface area (Å²) >= 11 is 0. The predicted molar refractivity (Wildman–Crippen MR) is 108 cm³/mol. The molecule has 0 spiro atoms. The van der Waals surface area contributed by atoms with E-state index >= 15 is 0 Å². The van der Waals surface area contributed by atoms with Gasteiger partial charge >= 0.3 is 23.9 Å². The van der Waals surface area contributed by atoms with Gasteiger partial charge in [-0.1, -0.05) is 0 Å². The lowest BCUT2D eigenvalue weighted by atomic mass is 9.98. The summed E-state index contributed by atoms with van der Waals surface area (Å²) in [6.07, 6.45) is 0.486. The number of aromatic nitrogens is 2. The summed E-state index contributed by atoms with van der Waals surface area (Å²) < 4.78 is 36.6. The molecule has 0 aliphatic carbocycles. The molecule has 1 fully saturated rings. The number of hydrogen-bond donors (Lipinski definition) is 0. The van der Waals surface area contributed by atoms with Crippen molar-refractivity contribution in [3.05, 3.63) is 18.7 Å². The van der Waals surface area contributed by atoms with E-state index in [0.29, 0.717) is 13.0 Å².